The van der Waals surface area contributed by atoms with Crippen LogP contribution in [0.15, 0.2) is 12.7 Å². The standard InChI is InChI=1S/C15H23NO3/c1-5-6-10-9-12-11(13(10)17)7-8-16(12)14(18)19-15(2,3)4/h5,10-12H,1,6-9H2,2-4H3/t10?,11-,12-/m1/s1. The molecule has 4 nitrogen and oxygen atoms in total. The maximum Gasteiger partial charge on any atom is 0.410 e. The van der Waals surface area contributed by atoms with Gasteiger partial charge in [0.15, 0.2) is 0 Å². The Kier molecular flexibility index (Phi) is 3.70. The number of fused-ring (bicyclic) bond motifs is 1. The molecule has 106 valence electrons. The van der Waals surface area contributed by atoms with Gasteiger partial charge in [-0.2, -0.15) is 0 Å². The van der Waals surface area contributed by atoms with Crippen molar-refractivity contribution in [2.75, 3.05) is 6.54 Å². The molecule has 1 unspecified atom stereocenters. The lowest BCUT2D eigenvalue weighted by Crippen LogP contribution is -2.40. The number of ketones is 1. The van der Waals surface area contributed by atoms with Gasteiger partial charge in [0.2, 0.25) is 0 Å². The number of rotatable bonds is 2. The minimum absolute atomic E-state index is 0.0115. The van der Waals surface area contributed by atoms with Crippen molar-refractivity contribution < 1.29 is 14.3 Å². The molecule has 1 amide bonds. The second-order valence-electron chi connectivity index (χ2n) is 6.50. The number of amides is 1. The van der Waals surface area contributed by atoms with Crippen LogP contribution in [0.1, 0.15) is 40.0 Å². The monoisotopic (exact) mass is 265 g/mol. The zero-order valence-corrected chi connectivity index (χ0v) is 12.0. The van der Waals surface area contributed by atoms with Crippen molar-refractivity contribution in [1.29, 1.82) is 0 Å². The Morgan fingerprint density at radius 3 is 2.79 bits per heavy atom. The summed E-state index contributed by atoms with van der Waals surface area (Å²) in [4.78, 5) is 26.1. The topological polar surface area (TPSA) is 46.6 Å². The minimum Gasteiger partial charge on any atom is -0.444 e. The Bertz CT molecular complexity index is 397. The number of hydrogen-bond donors (Lipinski definition) is 0. The summed E-state index contributed by atoms with van der Waals surface area (Å²) in [6.07, 6.45) is 3.76. The first-order chi connectivity index (χ1) is 8.83. The third-order valence-corrected chi connectivity index (χ3v) is 3.92. The van der Waals surface area contributed by atoms with Gasteiger partial charge in [0.1, 0.15) is 11.4 Å². The van der Waals surface area contributed by atoms with E-state index in [1.54, 1.807) is 11.0 Å². The molecule has 0 aromatic carbocycles. The third-order valence-electron chi connectivity index (χ3n) is 3.92. The van der Waals surface area contributed by atoms with Crippen molar-refractivity contribution in [2.45, 2.75) is 51.7 Å². The molecule has 1 heterocycles. The number of nitrogens with zero attached hydrogens (tertiary/aromatic N) is 1. The lowest BCUT2D eigenvalue weighted by molar-refractivity contribution is -0.123. The van der Waals surface area contributed by atoms with Crippen molar-refractivity contribution >= 4 is 11.9 Å². The van der Waals surface area contributed by atoms with Crippen LogP contribution in [0.5, 0.6) is 0 Å². The summed E-state index contributed by atoms with van der Waals surface area (Å²) in [6.45, 7) is 9.91. The van der Waals surface area contributed by atoms with E-state index < -0.39 is 5.60 Å². The molecular weight excluding hydrogens is 242 g/mol. The van der Waals surface area contributed by atoms with Gasteiger partial charge < -0.3 is 9.64 Å². The molecule has 3 atom stereocenters. The first kappa shape index (κ1) is 14.1. The van der Waals surface area contributed by atoms with Gasteiger partial charge in [-0.3, -0.25) is 4.79 Å². The molecule has 2 aliphatic rings. The van der Waals surface area contributed by atoms with Gasteiger partial charge in [0.05, 0.1) is 0 Å². The van der Waals surface area contributed by atoms with Crippen LogP contribution in [0, 0.1) is 11.8 Å². The van der Waals surface area contributed by atoms with Crippen molar-refractivity contribution in [1.82, 2.24) is 4.90 Å². The predicted molar refractivity (Wildman–Crippen MR) is 72.8 cm³/mol. The zero-order valence-electron chi connectivity index (χ0n) is 12.0. The van der Waals surface area contributed by atoms with E-state index in [1.807, 2.05) is 20.8 Å². The number of ether oxygens (including phenoxy) is 1. The van der Waals surface area contributed by atoms with Crippen molar-refractivity contribution in [3.05, 3.63) is 12.7 Å². The van der Waals surface area contributed by atoms with Crippen LogP contribution in [0.4, 0.5) is 4.79 Å². The van der Waals surface area contributed by atoms with Gasteiger partial charge in [-0.1, -0.05) is 6.08 Å². The summed E-state index contributed by atoms with van der Waals surface area (Å²) < 4.78 is 5.42. The first-order valence-electron chi connectivity index (χ1n) is 6.97. The molecule has 1 saturated heterocycles. The number of likely N-dealkylation sites (tertiary alicyclic amines) is 1. The van der Waals surface area contributed by atoms with Crippen LogP contribution < -0.4 is 0 Å². The number of Topliss-reactive ketones (excluding diaryl/α,β-unsaturated/α-hetero) is 1. The largest absolute Gasteiger partial charge is 0.444 e. The lowest BCUT2D eigenvalue weighted by Gasteiger charge is -2.28. The quantitative estimate of drug-likeness (QED) is 0.721. The highest BCUT2D eigenvalue weighted by Gasteiger charge is 2.50. The summed E-state index contributed by atoms with van der Waals surface area (Å²) in [7, 11) is 0. The van der Waals surface area contributed by atoms with Crippen LogP contribution in [-0.2, 0) is 9.53 Å². The number of carbonyl (C=O) groups excluding carboxylic acids is 2. The molecule has 1 aliphatic carbocycles. The number of allylic oxidation sites excluding steroid dienone is 1. The molecule has 0 aromatic rings. The molecule has 19 heavy (non-hydrogen) atoms. The van der Waals surface area contributed by atoms with Gasteiger partial charge >= 0.3 is 6.09 Å². The van der Waals surface area contributed by atoms with E-state index in [4.69, 9.17) is 4.74 Å². The van der Waals surface area contributed by atoms with Gasteiger partial charge in [-0.25, -0.2) is 4.79 Å². The Morgan fingerprint density at radius 1 is 1.53 bits per heavy atom. The van der Waals surface area contributed by atoms with Crippen LogP contribution in [0.25, 0.3) is 0 Å². The Labute approximate surface area is 114 Å². The number of carbonyl (C=O) groups is 2. The smallest absolute Gasteiger partial charge is 0.410 e. The molecule has 0 spiro atoms. The SMILES string of the molecule is C=CCC1C[C@@H]2[C@@H](CCN2C(=O)OC(C)(C)C)C1=O. The molecule has 0 N–H and O–H groups in total. The van der Waals surface area contributed by atoms with E-state index in [9.17, 15) is 9.59 Å². The molecule has 4 heteroatoms. The van der Waals surface area contributed by atoms with Crippen molar-refractivity contribution in [3.63, 3.8) is 0 Å². The fraction of sp³-hybridized carbons (Fsp3) is 0.733. The summed E-state index contributed by atoms with van der Waals surface area (Å²) in [5.41, 5.74) is -0.488. The van der Waals surface area contributed by atoms with Crippen LogP contribution >= 0.6 is 0 Å². The Hall–Kier alpha value is -1.32. The summed E-state index contributed by atoms with van der Waals surface area (Å²) in [6, 6.07) is 0.0345. The highest BCUT2D eigenvalue weighted by atomic mass is 16.6. The van der Waals surface area contributed by atoms with Crippen LogP contribution in [0.2, 0.25) is 0 Å². The molecule has 0 bridgehead atoms. The maximum atomic E-state index is 12.2. The molecule has 0 aromatic heterocycles. The predicted octanol–water partition coefficient (Wildman–Crippen LogP) is 2.78. The molecule has 1 saturated carbocycles. The molecule has 2 fully saturated rings. The molecular formula is C15H23NO3. The van der Waals surface area contributed by atoms with Gasteiger partial charge in [-0.05, 0) is 40.0 Å². The van der Waals surface area contributed by atoms with Crippen LogP contribution in [-0.4, -0.2) is 35.0 Å². The van der Waals surface area contributed by atoms with E-state index in [0.717, 1.165) is 12.8 Å². The normalized spacial score (nSPS) is 30.4. The van der Waals surface area contributed by atoms with Gasteiger partial charge in [0, 0.05) is 24.4 Å². The summed E-state index contributed by atoms with van der Waals surface area (Å²) in [5.74, 6) is 0.353. The average Bonchev–Trinajstić information content (AvgIpc) is 2.79. The van der Waals surface area contributed by atoms with E-state index in [-0.39, 0.29) is 24.0 Å². The minimum atomic E-state index is -0.488. The Balaban J connectivity index is 2.05. The van der Waals surface area contributed by atoms with Gasteiger partial charge in [0.25, 0.3) is 0 Å². The van der Waals surface area contributed by atoms with E-state index >= 15 is 0 Å². The van der Waals surface area contributed by atoms with Crippen molar-refractivity contribution in [2.24, 2.45) is 11.8 Å². The fourth-order valence-corrected chi connectivity index (χ4v) is 3.15. The first-order valence-corrected chi connectivity index (χ1v) is 6.97. The molecule has 1 aliphatic heterocycles. The van der Waals surface area contributed by atoms with E-state index in [0.29, 0.717) is 18.7 Å². The lowest BCUT2D eigenvalue weighted by atomic mass is 9.99. The van der Waals surface area contributed by atoms with Gasteiger partial charge in [-0.15, -0.1) is 6.58 Å². The maximum absolute atomic E-state index is 12.2. The molecule has 2 rings (SSSR count). The summed E-state index contributed by atoms with van der Waals surface area (Å²) in [5, 5.41) is 0. The average molecular weight is 265 g/mol. The second-order valence-corrected chi connectivity index (χ2v) is 6.50. The van der Waals surface area contributed by atoms with Crippen LogP contribution in [0.3, 0.4) is 0 Å². The van der Waals surface area contributed by atoms with E-state index in [2.05, 4.69) is 6.58 Å². The highest BCUT2D eigenvalue weighted by Crippen LogP contribution is 2.40. The fourth-order valence-electron chi connectivity index (χ4n) is 3.15. The third kappa shape index (κ3) is 2.82. The second kappa shape index (κ2) is 4.99. The van der Waals surface area contributed by atoms with E-state index in [1.165, 1.54) is 0 Å². The molecule has 0 radical (unpaired) electrons. The zero-order chi connectivity index (χ0) is 14.2. The summed E-state index contributed by atoms with van der Waals surface area (Å²) >= 11 is 0. The highest BCUT2D eigenvalue weighted by molar-refractivity contribution is 5.88. The Morgan fingerprint density at radius 2 is 2.21 bits per heavy atom. The number of hydrogen-bond acceptors (Lipinski definition) is 3. The van der Waals surface area contributed by atoms with Crippen molar-refractivity contribution in [3.8, 4) is 0 Å².